The van der Waals surface area contributed by atoms with Crippen molar-refractivity contribution < 1.29 is 27.9 Å². The molecule has 0 fully saturated rings. The van der Waals surface area contributed by atoms with Gasteiger partial charge < -0.3 is 10.4 Å². The van der Waals surface area contributed by atoms with Crippen LogP contribution >= 0.6 is 0 Å². The third kappa shape index (κ3) is 4.99. The van der Waals surface area contributed by atoms with Gasteiger partial charge in [-0.15, -0.1) is 0 Å². The quantitative estimate of drug-likeness (QED) is 0.884. The lowest BCUT2D eigenvalue weighted by Crippen LogP contribution is -2.43. The van der Waals surface area contributed by atoms with Gasteiger partial charge in [0.25, 0.3) is 5.91 Å². The lowest BCUT2D eigenvalue weighted by atomic mass is 10.1. The molecule has 0 aliphatic rings. The van der Waals surface area contributed by atoms with Crippen LogP contribution in [0.1, 0.15) is 22.3 Å². The lowest BCUT2D eigenvalue weighted by molar-refractivity contribution is -0.157. The standard InChI is InChI=1S/C12H12F3NO3/c1-7-2-4-8(5-3-7)10(17)16-9(11(18)19)6-12(13,14)15/h2-5,9H,6H2,1H3,(H,16,17)(H,18,19). The molecule has 0 radical (unpaired) electrons. The van der Waals surface area contributed by atoms with Gasteiger partial charge in [0.2, 0.25) is 0 Å². The first kappa shape index (κ1) is 15.0. The number of benzene rings is 1. The first-order chi connectivity index (χ1) is 8.69. The summed E-state index contributed by atoms with van der Waals surface area (Å²) in [5, 5.41) is 10.5. The van der Waals surface area contributed by atoms with E-state index in [0.717, 1.165) is 5.56 Å². The van der Waals surface area contributed by atoms with E-state index in [-0.39, 0.29) is 5.56 Å². The SMILES string of the molecule is Cc1ccc(C(=O)NC(CC(F)(F)F)C(=O)O)cc1. The average Bonchev–Trinajstić information content (AvgIpc) is 2.27. The number of carbonyl (C=O) groups excluding carboxylic acids is 1. The van der Waals surface area contributed by atoms with Gasteiger partial charge in [0.1, 0.15) is 6.04 Å². The molecule has 2 N–H and O–H groups in total. The van der Waals surface area contributed by atoms with Crippen LogP contribution in [-0.2, 0) is 4.79 Å². The number of carbonyl (C=O) groups is 2. The summed E-state index contributed by atoms with van der Waals surface area (Å²) in [4.78, 5) is 22.3. The van der Waals surface area contributed by atoms with Crippen LogP contribution in [-0.4, -0.2) is 29.2 Å². The summed E-state index contributed by atoms with van der Waals surface area (Å²) in [5.41, 5.74) is 0.987. The van der Waals surface area contributed by atoms with E-state index in [1.54, 1.807) is 19.1 Å². The van der Waals surface area contributed by atoms with Crippen LogP contribution in [0.2, 0.25) is 0 Å². The largest absolute Gasteiger partial charge is 0.480 e. The van der Waals surface area contributed by atoms with E-state index in [4.69, 9.17) is 5.11 Å². The zero-order valence-corrected chi connectivity index (χ0v) is 9.99. The average molecular weight is 275 g/mol. The van der Waals surface area contributed by atoms with Gasteiger partial charge in [-0.1, -0.05) is 17.7 Å². The maximum Gasteiger partial charge on any atom is 0.391 e. The van der Waals surface area contributed by atoms with Crippen molar-refractivity contribution in [3.05, 3.63) is 35.4 Å². The molecular weight excluding hydrogens is 263 g/mol. The molecule has 4 nitrogen and oxygen atoms in total. The number of aryl methyl sites for hydroxylation is 1. The van der Waals surface area contributed by atoms with Gasteiger partial charge in [0.05, 0.1) is 6.42 Å². The number of carboxylic acids is 1. The topological polar surface area (TPSA) is 66.4 Å². The van der Waals surface area contributed by atoms with Crippen LogP contribution in [0.5, 0.6) is 0 Å². The van der Waals surface area contributed by atoms with Crippen molar-refractivity contribution in [2.45, 2.75) is 25.6 Å². The predicted octanol–water partition coefficient (Wildman–Crippen LogP) is 2.13. The highest BCUT2D eigenvalue weighted by Gasteiger charge is 2.36. The van der Waals surface area contributed by atoms with Crippen LogP contribution in [0.3, 0.4) is 0 Å². The third-order valence-electron chi connectivity index (χ3n) is 2.35. The third-order valence-corrected chi connectivity index (χ3v) is 2.35. The maximum absolute atomic E-state index is 12.2. The Morgan fingerprint density at radius 1 is 1.26 bits per heavy atom. The van der Waals surface area contributed by atoms with Crippen LogP contribution in [0.25, 0.3) is 0 Å². The molecule has 0 saturated heterocycles. The number of hydrogen-bond donors (Lipinski definition) is 2. The molecule has 1 rings (SSSR count). The van der Waals surface area contributed by atoms with E-state index in [0.29, 0.717) is 0 Å². The fourth-order valence-corrected chi connectivity index (χ4v) is 1.38. The molecule has 0 aliphatic heterocycles. The smallest absolute Gasteiger partial charge is 0.391 e. The number of aliphatic carboxylic acids is 1. The highest BCUT2D eigenvalue weighted by molar-refractivity contribution is 5.96. The number of nitrogens with one attached hydrogen (secondary N) is 1. The predicted molar refractivity (Wildman–Crippen MR) is 60.7 cm³/mol. The Labute approximate surface area is 107 Å². The van der Waals surface area contributed by atoms with Gasteiger partial charge in [-0.2, -0.15) is 13.2 Å². The molecular formula is C12H12F3NO3. The molecule has 0 saturated carbocycles. The van der Waals surface area contributed by atoms with E-state index in [2.05, 4.69) is 0 Å². The Hall–Kier alpha value is -2.05. The Morgan fingerprint density at radius 2 is 1.79 bits per heavy atom. The van der Waals surface area contributed by atoms with Gasteiger partial charge >= 0.3 is 12.1 Å². The van der Waals surface area contributed by atoms with Gasteiger partial charge in [-0.25, -0.2) is 4.79 Å². The molecule has 7 heteroatoms. The maximum atomic E-state index is 12.2. The van der Waals surface area contributed by atoms with Crippen LogP contribution in [0.15, 0.2) is 24.3 Å². The molecule has 0 heterocycles. The second-order valence-electron chi connectivity index (χ2n) is 4.05. The fourth-order valence-electron chi connectivity index (χ4n) is 1.38. The minimum atomic E-state index is -4.66. The van der Waals surface area contributed by atoms with Gasteiger partial charge in [0, 0.05) is 5.56 Å². The van der Waals surface area contributed by atoms with E-state index >= 15 is 0 Å². The molecule has 1 aromatic rings. The van der Waals surface area contributed by atoms with E-state index < -0.39 is 30.5 Å². The van der Waals surface area contributed by atoms with E-state index in [9.17, 15) is 22.8 Å². The van der Waals surface area contributed by atoms with Crippen molar-refractivity contribution in [2.24, 2.45) is 0 Å². The summed E-state index contributed by atoms with van der Waals surface area (Å²) < 4.78 is 36.5. The molecule has 1 amide bonds. The highest BCUT2D eigenvalue weighted by atomic mass is 19.4. The lowest BCUT2D eigenvalue weighted by Gasteiger charge is -2.16. The Bertz CT molecular complexity index is 468. The molecule has 0 spiro atoms. The minimum Gasteiger partial charge on any atom is -0.480 e. The molecule has 1 unspecified atom stereocenters. The van der Waals surface area contributed by atoms with Crippen LogP contribution in [0.4, 0.5) is 13.2 Å². The molecule has 1 atom stereocenters. The monoisotopic (exact) mass is 275 g/mol. The summed E-state index contributed by atoms with van der Waals surface area (Å²) >= 11 is 0. The Morgan fingerprint density at radius 3 is 2.21 bits per heavy atom. The van der Waals surface area contributed by atoms with Crippen molar-refractivity contribution in [3.8, 4) is 0 Å². The Balaban J connectivity index is 2.77. The van der Waals surface area contributed by atoms with Crippen molar-refractivity contribution in [2.75, 3.05) is 0 Å². The van der Waals surface area contributed by atoms with E-state index in [1.807, 2.05) is 5.32 Å². The highest BCUT2D eigenvalue weighted by Crippen LogP contribution is 2.21. The summed E-state index contributed by atoms with van der Waals surface area (Å²) in [5.74, 6) is -2.57. The zero-order valence-electron chi connectivity index (χ0n) is 9.99. The van der Waals surface area contributed by atoms with Crippen molar-refractivity contribution >= 4 is 11.9 Å². The second kappa shape index (κ2) is 5.73. The van der Waals surface area contributed by atoms with Crippen molar-refractivity contribution in [3.63, 3.8) is 0 Å². The fraction of sp³-hybridized carbons (Fsp3) is 0.333. The normalized spacial score (nSPS) is 12.8. The summed E-state index contributed by atoms with van der Waals surface area (Å²) in [7, 11) is 0. The summed E-state index contributed by atoms with van der Waals surface area (Å²) in [6.07, 6.45) is -6.27. The molecule has 19 heavy (non-hydrogen) atoms. The number of halogens is 3. The number of carboxylic acid groups (broad SMARTS) is 1. The number of rotatable bonds is 4. The second-order valence-corrected chi connectivity index (χ2v) is 4.05. The number of hydrogen-bond acceptors (Lipinski definition) is 2. The van der Waals surface area contributed by atoms with Gasteiger partial charge in [0.15, 0.2) is 0 Å². The molecule has 104 valence electrons. The molecule has 0 bridgehead atoms. The molecule has 0 aromatic heterocycles. The minimum absolute atomic E-state index is 0.110. The number of amides is 1. The summed E-state index contributed by atoms with van der Waals surface area (Å²) in [6, 6.07) is 4.05. The van der Waals surface area contributed by atoms with Crippen LogP contribution in [0, 0.1) is 6.92 Å². The first-order valence-corrected chi connectivity index (χ1v) is 5.36. The van der Waals surface area contributed by atoms with Gasteiger partial charge in [-0.05, 0) is 19.1 Å². The van der Waals surface area contributed by atoms with E-state index in [1.165, 1.54) is 12.1 Å². The first-order valence-electron chi connectivity index (χ1n) is 5.36. The molecule has 1 aromatic carbocycles. The van der Waals surface area contributed by atoms with Crippen molar-refractivity contribution in [1.29, 1.82) is 0 Å². The zero-order chi connectivity index (χ0) is 14.6. The Kier molecular flexibility index (Phi) is 4.52. The van der Waals surface area contributed by atoms with Crippen LogP contribution < -0.4 is 5.32 Å². The summed E-state index contributed by atoms with van der Waals surface area (Å²) in [6.45, 7) is 1.78. The van der Waals surface area contributed by atoms with Crippen molar-refractivity contribution in [1.82, 2.24) is 5.32 Å². The number of alkyl halides is 3. The molecule has 0 aliphatic carbocycles. The van der Waals surface area contributed by atoms with Gasteiger partial charge in [-0.3, -0.25) is 4.79 Å².